The van der Waals surface area contributed by atoms with Crippen LogP contribution in [0.3, 0.4) is 0 Å². The van der Waals surface area contributed by atoms with Gasteiger partial charge in [-0.1, -0.05) is 13.8 Å². The molecular formula is C9H15NOS. The molecule has 1 unspecified atom stereocenters. The van der Waals surface area contributed by atoms with Crippen molar-refractivity contribution in [3.05, 3.63) is 16.1 Å². The van der Waals surface area contributed by atoms with E-state index >= 15 is 0 Å². The van der Waals surface area contributed by atoms with Gasteiger partial charge in [-0.25, -0.2) is 4.98 Å². The Hall–Kier alpha value is -0.410. The van der Waals surface area contributed by atoms with Gasteiger partial charge in [0, 0.05) is 18.2 Å². The zero-order chi connectivity index (χ0) is 9.14. The third-order valence-corrected chi connectivity index (χ3v) is 3.27. The molecule has 0 aliphatic rings. The highest BCUT2D eigenvalue weighted by molar-refractivity contribution is 7.11. The minimum absolute atomic E-state index is 0.127. The van der Waals surface area contributed by atoms with E-state index in [1.165, 1.54) is 4.88 Å². The van der Waals surface area contributed by atoms with E-state index in [9.17, 15) is 0 Å². The first-order valence-corrected chi connectivity index (χ1v) is 4.95. The van der Waals surface area contributed by atoms with Crippen LogP contribution in [0.25, 0.3) is 0 Å². The standard InChI is InChI=1S/C9H15NOS/c1-6(2)8-5-10-9(12-8)7(3)11-4/h5-7H,1-4H3. The van der Waals surface area contributed by atoms with Crippen molar-refractivity contribution in [1.29, 1.82) is 0 Å². The van der Waals surface area contributed by atoms with Crippen LogP contribution in [0.15, 0.2) is 6.20 Å². The molecule has 0 aliphatic carbocycles. The second-order valence-corrected chi connectivity index (χ2v) is 4.23. The van der Waals surface area contributed by atoms with Crippen LogP contribution >= 0.6 is 11.3 Å². The van der Waals surface area contributed by atoms with Crippen LogP contribution in [-0.2, 0) is 4.74 Å². The van der Waals surface area contributed by atoms with Crippen molar-refractivity contribution in [3.8, 4) is 0 Å². The van der Waals surface area contributed by atoms with Gasteiger partial charge >= 0.3 is 0 Å². The predicted octanol–water partition coefficient (Wildman–Crippen LogP) is 2.97. The highest BCUT2D eigenvalue weighted by atomic mass is 32.1. The van der Waals surface area contributed by atoms with E-state index in [0.29, 0.717) is 5.92 Å². The first-order chi connectivity index (χ1) is 5.65. The summed E-state index contributed by atoms with van der Waals surface area (Å²) in [5.74, 6) is 0.570. The Morgan fingerprint density at radius 2 is 2.08 bits per heavy atom. The molecule has 12 heavy (non-hydrogen) atoms. The summed E-state index contributed by atoms with van der Waals surface area (Å²) in [6, 6.07) is 0. The molecule has 0 N–H and O–H groups in total. The van der Waals surface area contributed by atoms with Crippen LogP contribution in [-0.4, -0.2) is 12.1 Å². The van der Waals surface area contributed by atoms with Crippen LogP contribution in [0.5, 0.6) is 0 Å². The molecule has 0 aromatic carbocycles. The van der Waals surface area contributed by atoms with E-state index in [4.69, 9.17) is 4.74 Å². The number of rotatable bonds is 3. The molecule has 68 valence electrons. The van der Waals surface area contributed by atoms with Gasteiger partial charge in [0.05, 0.1) is 0 Å². The lowest BCUT2D eigenvalue weighted by Crippen LogP contribution is -1.93. The van der Waals surface area contributed by atoms with Crippen molar-refractivity contribution in [3.63, 3.8) is 0 Å². The van der Waals surface area contributed by atoms with Gasteiger partial charge in [-0.3, -0.25) is 0 Å². The molecule has 1 aromatic rings. The van der Waals surface area contributed by atoms with E-state index in [0.717, 1.165) is 5.01 Å². The first kappa shape index (κ1) is 9.68. The van der Waals surface area contributed by atoms with Crippen molar-refractivity contribution in [2.24, 2.45) is 0 Å². The van der Waals surface area contributed by atoms with Crippen molar-refractivity contribution >= 4 is 11.3 Å². The van der Waals surface area contributed by atoms with Gasteiger partial charge < -0.3 is 4.74 Å². The number of ether oxygens (including phenoxy) is 1. The molecule has 1 atom stereocenters. The Kier molecular flexibility index (Phi) is 3.23. The number of methoxy groups -OCH3 is 1. The van der Waals surface area contributed by atoms with Gasteiger partial charge in [0.2, 0.25) is 0 Å². The Morgan fingerprint density at radius 3 is 2.50 bits per heavy atom. The molecule has 0 spiro atoms. The van der Waals surface area contributed by atoms with E-state index in [1.807, 2.05) is 13.1 Å². The maximum Gasteiger partial charge on any atom is 0.121 e. The summed E-state index contributed by atoms with van der Waals surface area (Å²) in [6.45, 7) is 6.37. The van der Waals surface area contributed by atoms with Crippen LogP contribution in [0, 0.1) is 0 Å². The molecule has 0 radical (unpaired) electrons. The van der Waals surface area contributed by atoms with E-state index in [-0.39, 0.29) is 6.10 Å². The molecule has 0 bridgehead atoms. The largest absolute Gasteiger partial charge is 0.375 e. The first-order valence-electron chi connectivity index (χ1n) is 4.13. The second kappa shape index (κ2) is 4.01. The van der Waals surface area contributed by atoms with Crippen molar-refractivity contribution < 1.29 is 4.74 Å². The number of nitrogens with zero attached hydrogens (tertiary/aromatic N) is 1. The maximum atomic E-state index is 5.18. The topological polar surface area (TPSA) is 22.1 Å². The lowest BCUT2D eigenvalue weighted by molar-refractivity contribution is 0.119. The third kappa shape index (κ3) is 2.05. The molecule has 1 rings (SSSR count). The summed E-state index contributed by atoms with van der Waals surface area (Å²) in [6.07, 6.45) is 2.07. The van der Waals surface area contributed by atoms with Crippen molar-refractivity contribution in [2.75, 3.05) is 7.11 Å². The molecule has 1 heterocycles. The lowest BCUT2D eigenvalue weighted by atomic mass is 10.2. The summed E-state index contributed by atoms with van der Waals surface area (Å²) in [5.41, 5.74) is 0. The fourth-order valence-corrected chi connectivity index (χ4v) is 1.81. The van der Waals surface area contributed by atoms with Crippen LogP contribution in [0.1, 0.15) is 42.7 Å². The monoisotopic (exact) mass is 185 g/mol. The number of thiazole rings is 1. The predicted molar refractivity (Wildman–Crippen MR) is 51.6 cm³/mol. The van der Waals surface area contributed by atoms with E-state index in [1.54, 1.807) is 18.4 Å². The summed E-state index contributed by atoms with van der Waals surface area (Å²) in [7, 11) is 1.71. The molecule has 1 aromatic heterocycles. The Labute approximate surface area is 77.6 Å². The minimum Gasteiger partial charge on any atom is -0.375 e. The average Bonchev–Trinajstić information content (AvgIpc) is 2.51. The molecule has 0 fully saturated rings. The molecule has 2 nitrogen and oxygen atoms in total. The maximum absolute atomic E-state index is 5.18. The summed E-state index contributed by atoms with van der Waals surface area (Å²) < 4.78 is 5.18. The Bertz CT molecular complexity index is 244. The number of hydrogen-bond donors (Lipinski definition) is 0. The van der Waals surface area contributed by atoms with Gasteiger partial charge in [0.1, 0.15) is 11.1 Å². The molecular weight excluding hydrogens is 170 g/mol. The van der Waals surface area contributed by atoms with Gasteiger partial charge in [-0.2, -0.15) is 0 Å². The lowest BCUT2D eigenvalue weighted by Gasteiger charge is -2.03. The fourth-order valence-electron chi connectivity index (χ4n) is 0.856. The van der Waals surface area contributed by atoms with Crippen LogP contribution in [0.4, 0.5) is 0 Å². The fraction of sp³-hybridized carbons (Fsp3) is 0.667. The summed E-state index contributed by atoms with van der Waals surface area (Å²) in [5, 5.41) is 1.07. The smallest absolute Gasteiger partial charge is 0.121 e. The SMILES string of the molecule is COC(C)c1ncc(C(C)C)s1. The van der Waals surface area contributed by atoms with Crippen LogP contribution < -0.4 is 0 Å². The number of hydrogen-bond acceptors (Lipinski definition) is 3. The second-order valence-electron chi connectivity index (χ2n) is 3.13. The third-order valence-electron chi connectivity index (χ3n) is 1.81. The molecule has 0 amide bonds. The highest BCUT2D eigenvalue weighted by Crippen LogP contribution is 2.26. The molecule has 3 heteroatoms. The van der Waals surface area contributed by atoms with Gasteiger partial charge in [0.15, 0.2) is 0 Å². The zero-order valence-electron chi connectivity index (χ0n) is 8.00. The zero-order valence-corrected chi connectivity index (χ0v) is 8.81. The van der Waals surface area contributed by atoms with Crippen molar-refractivity contribution in [2.45, 2.75) is 32.8 Å². The van der Waals surface area contributed by atoms with E-state index in [2.05, 4.69) is 18.8 Å². The van der Waals surface area contributed by atoms with E-state index < -0.39 is 0 Å². The minimum atomic E-state index is 0.127. The van der Waals surface area contributed by atoms with Gasteiger partial charge in [-0.05, 0) is 12.8 Å². The Balaban J connectivity index is 2.77. The molecule has 0 saturated heterocycles. The highest BCUT2D eigenvalue weighted by Gasteiger charge is 2.10. The van der Waals surface area contributed by atoms with Crippen molar-refractivity contribution in [1.82, 2.24) is 4.98 Å². The summed E-state index contributed by atoms with van der Waals surface area (Å²) in [4.78, 5) is 5.63. The average molecular weight is 185 g/mol. The summed E-state index contributed by atoms with van der Waals surface area (Å²) >= 11 is 1.74. The molecule has 0 aliphatic heterocycles. The van der Waals surface area contributed by atoms with Gasteiger partial charge in [-0.15, -0.1) is 11.3 Å². The quantitative estimate of drug-likeness (QED) is 0.722. The van der Waals surface area contributed by atoms with Crippen LogP contribution in [0.2, 0.25) is 0 Å². The number of aromatic nitrogens is 1. The Morgan fingerprint density at radius 1 is 1.42 bits per heavy atom. The van der Waals surface area contributed by atoms with Gasteiger partial charge in [0.25, 0.3) is 0 Å². The molecule has 0 saturated carbocycles. The normalized spacial score (nSPS) is 13.8.